The number of rotatable bonds is 9. The zero-order valence-electron chi connectivity index (χ0n) is 23.5. The second-order valence-corrected chi connectivity index (χ2v) is 12.9. The van der Waals surface area contributed by atoms with Crippen LogP contribution < -0.4 is 10.2 Å². The molecule has 5 rings (SSSR count). The number of alkyl halides is 2. The number of fused-ring (bicyclic) bond motifs is 1. The Morgan fingerprint density at radius 2 is 1.88 bits per heavy atom. The number of ether oxygens (including phenoxy) is 1. The third-order valence-corrected chi connectivity index (χ3v) is 9.25. The van der Waals surface area contributed by atoms with Crippen molar-refractivity contribution < 1.29 is 31.8 Å². The number of aliphatic hydroxyl groups is 1. The highest BCUT2D eigenvalue weighted by molar-refractivity contribution is 7.89. The molecule has 4 heterocycles. The lowest BCUT2D eigenvalue weighted by molar-refractivity contribution is -0.120. The number of morpholine rings is 1. The van der Waals surface area contributed by atoms with E-state index in [2.05, 4.69) is 29.0 Å². The zero-order chi connectivity index (χ0) is 30.0. The van der Waals surface area contributed by atoms with E-state index >= 15 is 0 Å². The van der Waals surface area contributed by atoms with Crippen molar-refractivity contribution in [2.45, 2.75) is 50.7 Å². The number of pyridine rings is 2. The molecule has 1 aromatic carbocycles. The highest BCUT2D eigenvalue weighted by atomic mass is 32.2. The molecule has 2 fully saturated rings. The SMILES string of the molecule is C[C@@H]1CN(c2cccc(-c3ccc4cnc(CC(=O)NC[C@@H]5C[C@@H](CO)N(S(=O)(=O)C(F)F)C5)cc4c3)n2)C[C@H](C)O1. The topological polar surface area (TPSA) is 125 Å². The number of hydrogen-bond acceptors (Lipinski definition) is 8. The van der Waals surface area contributed by atoms with E-state index < -0.39 is 28.4 Å². The lowest BCUT2D eigenvalue weighted by Crippen LogP contribution is -2.45. The average Bonchev–Trinajstić information content (AvgIpc) is 3.39. The Bertz CT molecular complexity index is 1530. The predicted molar refractivity (Wildman–Crippen MR) is 155 cm³/mol. The van der Waals surface area contributed by atoms with E-state index in [1.54, 1.807) is 6.20 Å². The summed E-state index contributed by atoms with van der Waals surface area (Å²) in [7, 11) is -4.81. The molecule has 4 atom stereocenters. The maximum absolute atomic E-state index is 13.0. The minimum atomic E-state index is -4.81. The summed E-state index contributed by atoms with van der Waals surface area (Å²) in [5, 5.41) is 14.1. The van der Waals surface area contributed by atoms with E-state index in [4.69, 9.17) is 9.72 Å². The molecule has 2 aromatic heterocycles. The van der Waals surface area contributed by atoms with Crippen molar-refractivity contribution in [3.63, 3.8) is 0 Å². The van der Waals surface area contributed by atoms with Crippen molar-refractivity contribution in [1.82, 2.24) is 19.6 Å². The van der Waals surface area contributed by atoms with Crippen LogP contribution in [-0.4, -0.2) is 90.5 Å². The van der Waals surface area contributed by atoms with Crippen molar-refractivity contribution in [2.24, 2.45) is 5.92 Å². The molecule has 2 aliphatic heterocycles. The molecule has 1 amide bonds. The smallest absolute Gasteiger partial charge is 0.350 e. The summed E-state index contributed by atoms with van der Waals surface area (Å²) in [6, 6.07) is 12.8. The minimum Gasteiger partial charge on any atom is -0.395 e. The first-order valence-electron chi connectivity index (χ1n) is 14.0. The molecule has 2 saturated heterocycles. The van der Waals surface area contributed by atoms with Crippen LogP contribution >= 0.6 is 0 Å². The maximum atomic E-state index is 13.0. The first kappa shape index (κ1) is 30.2. The molecule has 0 unspecified atom stereocenters. The number of anilines is 1. The number of halogens is 2. The Morgan fingerprint density at radius 1 is 1.12 bits per heavy atom. The van der Waals surface area contributed by atoms with Crippen LogP contribution in [0, 0.1) is 5.92 Å². The van der Waals surface area contributed by atoms with Crippen LogP contribution in [0.4, 0.5) is 14.6 Å². The highest BCUT2D eigenvalue weighted by Gasteiger charge is 2.43. The third kappa shape index (κ3) is 6.69. The first-order chi connectivity index (χ1) is 20.0. The molecular formula is C29H35F2N5O5S. The average molecular weight is 604 g/mol. The lowest BCUT2D eigenvalue weighted by atomic mass is 10.0. The van der Waals surface area contributed by atoms with Crippen LogP contribution in [0.15, 0.2) is 48.7 Å². The summed E-state index contributed by atoms with van der Waals surface area (Å²) >= 11 is 0. The van der Waals surface area contributed by atoms with Crippen LogP contribution in [0.2, 0.25) is 0 Å². The van der Waals surface area contributed by atoms with Gasteiger partial charge in [0.15, 0.2) is 0 Å². The van der Waals surface area contributed by atoms with Crippen LogP contribution in [0.1, 0.15) is 26.0 Å². The van der Waals surface area contributed by atoms with Crippen molar-refractivity contribution in [3.8, 4) is 11.3 Å². The van der Waals surface area contributed by atoms with Gasteiger partial charge >= 0.3 is 5.76 Å². The molecule has 0 radical (unpaired) electrons. The minimum absolute atomic E-state index is 0.00347. The van der Waals surface area contributed by atoms with Gasteiger partial charge in [-0.3, -0.25) is 9.78 Å². The van der Waals surface area contributed by atoms with Crippen LogP contribution in [0.3, 0.4) is 0 Å². The number of carbonyl (C=O) groups excluding carboxylic acids is 1. The van der Waals surface area contributed by atoms with Crippen LogP contribution in [-0.2, 0) is 26.0 Å². The number of nitrogens with zero attached hydrogens (tertiary/aromatic N) is 4. The van der Waals surface area contributed by atoms with Crippen molar-refractivity contribution >= 4 is 32.5 Å². The predicted octanol–water partition coefficient (Wildman–Crippen LogP) is 2.80. The van der Waals surface area contributed by atoms with Gasteiger partial charge in [0.05, 0.1) is 36.6 Å². The zero-order valence-corrected chi connectivity index (χ0v) is 24.3. The fourth-order valence-electron chi connectivity index (χ4n) is 5.76. The van der Waals surface area contributed by atoms with Gasteiger partial charge in [0.25, 0.3) is 10.0 Å². The lowest BCUT2D eigenvalue weighted by Gasteiger charge is -2.36. The number of aliphatic hydroxyl groups excluding tert-OH is 1. The van der Waals surface area contributed by atoms with Gasteiger partial charge in [-0.1, -0.05) is 18.2 Å². The summed E-state index contributed by atoms with van der Waals surface area (Å²) in [6.07, 6.45) is 2.12. The van der Waals surface area contributed by atoms with Gasteiger partial charge in [0.1, 0.15) is 5.82 Å². The second-order valence-electron chi connectivity index (χ2n) is 11.1. The van der Waals surface area contributed by atoms with E-state index in [-0.39, 0.29) is 50.0 Å². The molecule has 13 heteroatoms. The summed E-state index contributed by atoms with van der Waals surface area (Å²) in [5.74, 6) is -3.38. The van der Waals surface area contributed by atoms with Gasteiger partial charge in [-0.25, -0.2) is 13.4 Å². The van der Waals surface area contributed by atoms with Gasteiger partial charge in [0.2, 0.25) is 5.91 Å². The molecule has 0 saturated carbocycles. The quantitative estimate of drug-likeness (QED) is 0.383. The summed E-state index contributed by atoms with van der Waals surface area (Å²) in [5.41, 5.74) is 2.32. The Kier molecular flexibility index (Phi) is 9.02. The number of benzene rings is 1. The Labute approximate surface area is 243 Å². The largest absolute Gasteiger partial charge is 0.395 e. The third-order valence-electron chi connectivity index (χ3n) is 7.70. The van der Waals surface area contributed by atoms with Gasteiger partial charge in [0, 0.05) is 49.4 Å². The van der Waals surface area contributed by atoms with E-state index in [0.717, 1.165) is 40.9 Å². The van der Waals surface area contributed by atoms with E-state index in [9.17, 15) is 27.1 Å². The summed E-state index contributed by atoms with van der Waals surface area (Å²) in [6.45, 7) is 5.00. The standard InChI is InChI=1S/C29H35F2N5O5S/c1-18-14-35(15-19(2)41-18)27-5-3-4-26(34-27)21-6-7-22-13-32-24(10-23(22)9-21)11-28(38)33-12-20-8-25(17-37)36(16-20)42(39,40)29(30)31/h3-7,9-10,13,18-20,25,29,37H,8,11-12,14-17H2,1-2H3,(H,33,38)/t18-,19+,20-,25-/m0/s1. The number of nitrogens with one attached hydrogen (secondary N) is 1. The van der Waals surface area contributed by atoms with E-state index in [1.807, 2.05) is 42.5 Å². The number of hydrogen-bond donors (Lipinski definition) is 2. The molecule has 42 heavy (non-hydrogen) atoms. The first-order valence-corrected chi connectivity index (χ1v) is 15.5. The summed E-state index contributed by atoms with van der Waals surface area (Å²) in [4.78, 5) is 24.2. The van der Waals surface area contributed by atoms with Gasteiger partial charge < -0.3 is 20.1 Å². The Balaban J connectivity index is 1.24. The van der Waals surface area contributed by atoms with E-state index in [0.29, 0.717) is 10.00 Å². The van der Waals surface area contributed by atoms with Crippen molar-refractivity contribution in [2.75, 3.05) is 37.7 Å². The summed E-state index contributed by atoms with van der Waals surface area (Å²) < 4.78 is 56.4. The van der Waals surface area contributed by atoms with Gasteiger partial charge in [-0.2, -0.15) is 13.1 Å². The molecule has 0 aliphatic carbocycles. The molecule has 2 aliphatic rings. The van der Waals surface area contributed by atoms with Gasteiger partial charge in [-0.15, -0.1) is 0 Å². The van der Waals surface area contributed by atoms with Crippen LogP contribution in [0.25, 0.3) is 22.0 Å². The molecule has 0 spiro atoms. The van der Waals surface area contributed by atoms with E-state index in [1.165, 1.54) is 0 Å². The number of amides is 1. The van der Waals surface area contributed by atoms with Crippen molar-refractivity contribution in [3.05, 3.63) is 54.4 Å². The normalized spacial score (nSPS) is 23.5. The van der Waals surface area contributed by atoms with Gasteiger partial charge in [-0.05, 0) is 55.8 Å². The molecule has 3 aromatic rings. The highest BCUT2D eigenvalue weighted by Crippen LogP contribution is 2.29. The molecule has 226 valence electrons. The van der Waals surface area contributed by atoms with Crippen molar-refractivity contribution in [1.29, 1.82) is 0 Å². The number of aromatic nitrogens is 2. The van der Waals surface area contributed by atoms with Crippen LogP contribution in [0.5, 0.6) is 0 Å². The fraction of sp³-hybridized carbons (Fsp3) is 0.483. The number of carbonyl (C=O) groups is 1. The number of sulfonamides is 1. The maximum Gasteiger partial charge on any atom is 0.350 e. The fourth-order valence-corrected chi connectivity index (χ4v) is 6.95. The molecular weight excluding hydrogens is 568 g/mol. The molecule has 10 nitrogen and oxygen atoms in total. The Morgan fingerprint density at radius 3 is 2.60 bits per heavy atom. The molecule has 2 N–H and O–H groups in total. The second kappa shape index (κ2) is 12.5. The monoisotopic (exact) mass is 603 g/mol. The Hall–Kier alpha value is -3.26. The molecule has 0 bridgehead atoms.